The van der Waals surface area contributed by atoms with Gasteiger partial charge in [0, 0.05) is 24.7 Å². The van der Waals surface area contributed by atoms with E-state index in [4.69, 9.17) is 0 Å². The number of anilines is 1. The van der Waals surface area contributed by atoms with Crippen LogP contribution in [-0.4, -0.2) is 47.3 Å². The van der Waals surface area contributed by atoms with Crippen molar-refractivity contribution in [1.82, 2.24) is 15.1 Å². The number of hydrogen-bond donors (Lipinski definition) is 0. The summed E-state index contributed by atoms with van der Waals surface area (Å²) in [4.78, 5) is 4.91. The number of halogens is 2. The molecule has 1 aromatic carbocycles. The minimum Gasteiger partial charge on any atom is -0.347 e. The molecule has 2 fully saturated rings. The van der Waals surface area contributed by atoms with Crippen LogP contribution in [0.5, 0.6) is 0 Å². The van der Waals surface area contributed by atoms with Crippen LogP contribution in [0.25, 0.3) is 10.6 Å². The average Bonchev–Trinajstić information content (AvgIpc) is 3.15. The zero-order valence-corrected chi connectivity index (χ0v) is 14.9. The van der Waals surface area contributed by atoms with Crippen LogP contribution in [0.15, 0.2) is 18.2 Å². The van der Waals surface area contributed by atoms with Gasteiger partial charge in [-0.15, -0.1) is 10.2 Å². The second kappa shape index (κ2) is 7.33. The molecular weight excluding hydrogens is 342 g/mol. The molecule has 2 aliphatic rings. The van der Waals surface area contributed by atoms with E-state index in [1.165, 1.54) is 49.8 Å². The smallest absolute Gasteiger partial charge is 0.208 e. The summed E-state index contributed by atoms with van der Waals surface area (Å²) in [6.45, 7) is 4.44. The van der Waals surface area contributed by atoms with E-state index in [2.05, 4.69) is 20.0 Å². The molecule has 2 aromatic rings. The highest BCUT2D eigenvalue weighted by molar-refractivity contribution is 7.18. The van der Waals surface area contributed by atoms with Crippen molar-refractivity contribution in [3.8, 4) is 10.6 Å². The van der Waals surface area contributed by atoms with E-state index in [0.29, 0.717) is 16.6 Å². The van der Waals surface area contributed by atoms with E-state index in [0.717, 1.165) is 37.1 Å². The second-order valence-corrected chi connectivity index (χ2v) is 7.79. The monoisotopic (exact) mass is 364 g/mol. The Morgan fingerprint density at radius 1 is 0.920 bits per heavy atom. The van der Waals surface area contributed by atoms with E-state index in [1.54, 1.807) is 6.07 Å². The van der Waals surface area contributed by atoms with Crippen molar-refractivity contribution >= 4 is 16.5 Å². The minimum absolute atomic E-state index is 0.575. The van der Waals surface area contributed by atoms with Gasteiger partial charge in [-0.3, -0.25) is 0 Å². The molecular formula is C18H22F2N4S. The molecule has 4 rings (SSSR count). The summed E-state index contributed by atoms with van der Waals surface area (Å²) in [5.41, 5.74) is 0.575. The van der Waals surface area contributed by atoms with E-state index in [-0.39, 0.29) is 0 Å². The van der Waals surface area contributed by atoms with Crippen molar-refractivity contribution in [3.05, 3.63) is 29.8 Å². The molecule has 0 aliphatic carbocycles. The van der Waals surface area contributed by atoms with Crippen LogP contribution in [0.4, 0.5) is 13.9 Å². The minimum atomic E-state index is -0.850. The van der Waals surface area contributed by atoms with Gasteiger partial charge in [-0.1, -0.05) is 17.8 Å². The van der Waals surface area contributed by atoms with E-state index >= 15 is 0 Å². The molecule has 0 radical (unpaired) electrons. The van der Waals surface area contributed by atoms with Crippen LogP contribution in [0, 0.1) is 11.6 Å². The average molecular weight is 364 g/mol. The molecule has 2 aliphatic heterocycles. The van der Waals surface area contributed by atoms with Gasteiger partial charge in [0.1, 0.15) is 5.01 Å². The predicted molar refractivity (Wildman–Crippen MR) is 95.9 cm³/mol. The number of aromatic nitrogens is 2. The van der Waals surface area contributed by atoms with Crippen LogP contribution < -0.4 is 4.90 Å². The standard InChI is InChI=1S/C18H22F2N4S/c19-15-5-4-13(12-16(15)20)17-21-22-18(25-17)24-10-6-14(7-11-24)23-8-2-1-3-9-23/h4-5,12,14H,1-3,6-11H2. The first-order valence-electron chi connectivity index (χ1n) is 8.98. The number of piperidine rings is 2. The molecule has 7 heteroatoms. The first-order chi connectivity index (χ1) is 12.2. The van der Waals surface area contributed by atoms with Gasteiger partial charge < -0.3 is 9.80 Å². The third kappa shape index (κ3) is 3.67. The van der Waals surface area contributed by atoms with Gasteiger partial charge in [-0.2, -0.15) is 0 Å². The van der Waals surface area contributed by atoms with Crippen LogP contribution in [0.2, 0.25) is 0 Å². The topological polar surface area (TPSA) is 32.3 Å². The fourth-order valence-electron chi connectivity index (χ4n) is 3.79. The zero-order valence-electron chi connectivity index (χ0n) is 14.1. The van der Waals surface area contributed by atoms with Gasteiger partial charge in [-0.25, -0.2) is 8.78 Å². The SMILES string of the molecule is Fc1ccc(-c2nnc(N3CCC(N4CCCCC4)CC3)s2)cc1F. The normalized spacial score (nSPS) is 20.2. The highest BCUT2D eigenvalue weighted by Gasteiger charge is 2.27. The quantitative estimate of drug-likeness (QED) is 0.826. The van der Waals surface area contributed by atoms with Crippen molar-refractivity contribution in [1.29, 1.82) is 0 Å². The highest BCUT2D eigenvalue weighted by atomic mass is 32.1. The fraction of sp³-hybridized carbons (Fsp3) is 0.556. The Hall–Kier alpha value is -1.60. The third-order valence-electron chi connectivity index (χ3n) is 5.22. The van der Waals surface area contributed by atoms with Crippen molar-refractivity contribution in [2.75, 3.05) is 31.1 Å². The highest BCUT2D eigenvalue weighted by Crippen LogP contribution is 2.31. The summed E-state index contributed by atoms with van der Waals surface area (Å²) in [6, 6.07) is 4.55. The molecule has 4 nitrogen and oxygen atoms in total. The lowest BCUT2D eigenvalue weighted by molar-refractivity contribution is 0.141. The maximum atomic E-state index is 13.4. The van der Waals surface area contributed by atoms with Crippen LogP contribution >= 0.6 is 11.3 Å². The molecule has 1 aromatic heterocycles. The molecule has 2 saturated heterocycles. The summed E-state index contributed by atoms with van der Waals surface area (Å²) >= 11 is 1.44. The van der Waals surface area contributed by atoms with Gasteiger partial charge in [0.05, 0.1) is 0 Å². The van der Waals surface area contributed by atoms with E-state index in [1.807, 2.05) is 0 Å². The molecule has 134 valence electrons. The van der Waals surface area contributed by atoms with Crippen LogP contribution in [0.3, 0.4) is 0 Å². The predicted octanol–water partition coefficient (Wildman–Crippen LogP) is 3.94. The van der Waals surface area contributed by atoms with Gasteiger partial charge in [0.25, 0.3) is 0 Å². The Kier molecular flexibility index (Phi) is 4.94. The van der Waals surface area contributed by atoms with Crippen molar-refractivity contribution < 1.29 is 8.78 Å². The summed E-state index contributed by atoms with van der Waals surface area (Å²) in [6.07, 6.45) is 6.33. The molecule has 0 saturated carbocycles. The number of likely N-dealkylation sites (tertiary alicyclic amines) is 1. The Morgan fingerprint density at radius 2 is 1.68 bits per heavy atom. The van der Waals surface area contributed by atoms with Crippen molar-refractivity contribution in [2.24, 2.45) is 0 Å². The van der Waals surface area contributed by atoms with Crippen LogP contribution in [0.1, 0.15) is 32.1 Å². The Balaban J connectivity index is 1.40. The first kappa shape index (κ1) is 16.8. The van der Waals surface area contributed by atoms with Gasteiger partial charge in [0.2, 0.25) is 5.13 Å². The third-order valence-corrected chi connectivity index (χ3v) is 6.26. The molecule has 0 unspecified atom stereocenters. The fourth-order valence-corrected chi connectivity index (χ4v) is 4.69. The Labute approximate surface area is 150 Å². The molecule has 0 N–H and O–H groups in total. The summed E-state index contributed by atoms with van der Waals surface area (Å²) in [5.74, 6) is -1.69. The van der Waals surface area contributed by atoms with Gasteiger partial charge in [0.15, 0.2) is 11.6 Å². The summed E-state index contributed by atoms with van der Waals surface area (Å²) < 4.78 is 26.5. The molecule has 0 spiro atoms. The Bertz CT molecular complexity index is 722. The van der Waals surface area contributed by atoms with Crippen molar-refractivity contribution in [3.63, 3.8) is 0 Å². The maximum Gasteiger partial charge on any atom is 0.208 e. The first-order valence-corrected chi connectivity index (χ1v) is 9.80. The molecule has 0 amide bonds. The maximum absolute atomic E-state index is 13.4. The lowest BCUT2D eigenvalue weighted by atomic mass is 10.0. The lowest BCUT2D eigenvalue weighted by Gasteiger charge is -2.40. The number of hydrogen-bond acceptors (Lipinski definition) is 5. The summed E-state index contributed by atoms with van der Waals surface area (Å²) in [5, 5.41) is 9.94. The Morgan fingerprint density at radius 3 is 2.40 bits per heavy atom. The molecule has 3 heterocycles. The second-order valence-electron chi connectivity index (χ2n) is 6.83. The largest absolute Gasteiger partial charge is 0.347 e. The number of rotatable bonds is 3. The van der Waals surface area contributed by atoms with Gasteiger partial charge >= 0.3 is 0 Å². The van der Waals surface area contributed by atoms with Gasteiger partial charge in [-0.05, 0) is 57.0 Å². The number of benzene rings is 1. The lowest BCUT2D eigenvalue weighted by Crippen LogP contribution is -2.46. The van der Waals surface area contributed by atoms with E-state index in [9.17, 15) is 8.78 Å². The molecule has 0 bridgehead atoms. The number of nitrogens with zero attached hydrogens (tertiary/aromatic N) is 4. The van der Waals surface area contributed by atoms with E-state index < -0.39 is 11.6 Å². The zero-order chi connectivity index (χ0) is 17.2. The molecule has 0 atom stereocenters. The summed E-state index contributed by atoms with van der Waals surface area (Å²) in [7, 11) is 0. The molecule has 25 heavy (non-hydrogen) atoms. The van der Waals surface area contributed by atoms with Crippen molar-refractivity contribution in [2.45, 2.75) is 38.1 Å². The van der Waals surface area contributed by atoms with Crippen LogP contribution in [-0.2, 0) is 0 Å².